The fourth-order valence-corrected chi connectivity index (χ4v) is 3.43. The van der Waals surface area contributed by atoms with E-state index in [4.69, 9.17) is 5.73 Å². The van der Waals surface area contributed by atoms with Crippen molar-refractivity contribution in [2.45, 2.75) is 45.2 Å². The molecule has 0 amide bonds. The summed E-state index contributed by atoms with van der Waals surface area (Å²) in [6.07, 6.45) is 0. The number of hydrogen-bond donors (Lipinski definition) is 1. The standard InChI is InChI=1S/C13H22N2O2S/c1-9(2)15(5)18(16,17)13-7-12(8-14)6-10(3)11(13)4/h6-7,9H,8,14H2,1-5H3. The Morgan fingerprint density at radius 1 is 1.28 bits per heavy atom. The highest BCUT2D eigenvalue weighted by atomic mass is 32.2. The maximum Gasteiger partial charge on any atom is 0.243 e. The summed E-state index contributed by atoms with van der Waals surface area (Å²) in [7, 11) is -1.85. The van der Waals surface area contributed by atoms with Crippen LogP contribution in [-0.4, -0.2) is 25.8 Å². The second kappa shape index (κ2) is 5.38. The third kappa shape index (κ3) is 2.74. The zero-order valence-corrected chi connectivity index (χ0v) is 12.5. The fourth-order valence-electron chi connectivity index (χ4n) is 1.72. The van der Waals surface area contributed by atoms with E-state index in [0.717, 1.165) is 16.7 Å². The van der Waals surface area contributed by atoms with E-state index >= 15 is 0 Å². The topological polar surface area (TPSA) is 63.4 Å². The van der Waals surface area contributed by atoms with E-state index < -0.39 is 10.0 Å². The van der Waals surface area contributed by atoms with Gasteiger partial charge in [0.05, 0.1) is 4.90 Å². The number of hydrogen-bond acceptors (Lipinski definition) is 3. The minimum absolute atomic E-state index is 0.0729. The van der Waals surface area contributed by atoms with E-state index in [9.17, 15) is 8.42 Å². The van der Waals surface area contributed by atoms with Gasteiger partial charge in [-0.25, -0.2) is 8.42 Å². The normalized spacial score (nSPS) is 12.4. The maximum absolute atomic E-state index is 12.5. The van der Waals surface area contributed by atoms with Crippen molar-refractivity contribution in [1.29, 1.82) is 0 Å². The molecular formula is C13H22N2O2S. The van der Waals surface area contributed by atoms with Gasteiger partial charge in [0, 0.05) is 19.6 Å². The average molecular weight is 270 g/mol. The zero-order valence-electron chi connectivity index (χ0n) is 11.7. The van der Waals surface area contributed by atoms with E-state index in [1.54, 1.807) is 13.1 Å². The largest absolute Gasteiger partial charge is 0.326 e. The van der Waals surface area contributed by atoms with Crippen LogP contribution in [-0.2, 0) is 16.6 Å². The minimum Gasteiger partial charge on any atom is -0.326 e. The lowest BCUT2D eigenvalue weighted by molar-refractivity contribution is 0.410. The summed E-state index contributed by atoms with van der Waals surface area (Å²) >= 11 is 0. The van der Waals surface area contributed by atoms with Gasteiger partial charge in [-0.05, 0) is 50.5 Å². The predicted octanol–water partition coefficient (Wildman–Crippen LogP) is 1.79. The van der Waals surface area contributed by atoms with Gasteiger partial charge >= 0.3 is 0 Å². The lowest BCUT2D eigenvalue weighted by Crippen LogP contribution is -2.33. The molecule has 0 aliphatic heterocycles. The Labute approximate surface area is 110 Å². The Hall–Kier alpha value is -0.910. The highest BCUT2D eigenvalue weighted by Gasteiger charge is 2.25. The van der Waals surface area contributed by atoms with Crippen molar-refractivity contribution in [2.75, 3.05) is 7.05 Å². The lowest BCUT2D eigenvalue weighted by Gasteiger charge is -2.23. The zero-order chi connectivity index (χ0) is 14.1. The third-order valence-corrected chi connectivity index (χ3v) is 5.46. The van der Waals surface area contributed by atoms with Gasteiger partial charge in [0.1, 0.15) is 0 Å². The Bertz CT molecular complexity index is 536. The van der Waals surface area contributed by atoms with Gasteiger partial charge in [-0.15, -0.1) is 0 Å². The molecule has 0 spiro atoms. The molecule has 1 rings (SSSR count). The molecule has 4 nitrogen and oxygen atoms in total. The van der Waals surface area contributed by atoms with Crippen LogP contribution >= 0.6 is 0 Å². The van der Waals surface area contributed by atoms with Crippen molar-refractivity contribution < 1.29 is 8.42 Å². The van der Waals surface area contributed by atoms with Crippen LogP contribution in [0.5, 0.6) is 0 Å². The number of nitrogens with two attached hydrogens (primary N) is 1. The summed E-state index contributed by atoms with van der Waals surface area (Å²) in [5.41, 5.74) is 8.19. The van der Waals surface area contributed by atoms with Crippen LogP contribution in [0.3, 0.4) is 0 Å². The van der Waals surface area contributed by atoms with Crippen LogP contribution in [0.1, 0.15) is 30.5 Å². The first kappa shape index (κ1) is 15.1. The predicted molar refractivity (Wildman–Crippen MR) is 73.9 cm³/mol. The molecule has 0 aliphatic carbocycles. The molecule has 0 fully saturated rings. The fraction of sp³-hybridized carbons (Fsp3) is 0.538. The van der Waals surface area contributed by atoms with E-state index in [1.165, 1.54) is 4.31 Å². The minimum atomic E-state index is -3.45. The van der Waals surface area contributed by atoms with Crippen LogP contribution in [0.4, 0.5) is 0 Å². The van der Waals surface area contributed by atoms with Crippen molar-refractivity contribution in [2.24, 2.45) is 5.73 Å². The number of aryl methyl sites for hydroxylation is 1. The first-order valence-electron chi connectivity index (χ1n) is 6.00. The van der Waals surface area contributed by atoms with Crippen molar-refractivity contribution in [3.8, 4) is 0 Å². The summed E-state index contributed by atoms with van der Waals surface area (Å²) in [6.45, 7) is 7.79. The van der Waals surface area contributed by atoms with Crippen molar-refractivity contribution >= 4 is 10.0 Å². The second-order valence-corrected chi connectivity index (χ2v) is 6.82. The molecule has 0 atom stereocenters. The van der Waals surface area contributed by atoms with Gasteiger partial charge in [0.2, 0.25) is 10.0 Å². The van der Waals surface area contributed by atoms with Gasteiger partial charge in [0.25, 0.3) is 0 Å². The number of benzene rings is 1. The van der Waals surface area contributed by atoms with E-state index in [2.05, 4.69) is 0 Å². The molecule has 5 heteroatoms. The Balaban J connectivity index is 3.45. The van der Waals surface area contributed by atoms with Crippen molar-refractivity contribution in [3.05, 3.63) is 28.8 Å². The van der Waals surface area contributed by atoms with Crippen LogP contribution in [0, 0.1) is 13.8 Å². The highest BCUT2D eigenvalue weighted by Crippen LogP contribution is 2.24. The smallest absolute Gasteiger partial charge is 0.243 e. The van der Waals surface area contributed by atoms with Gasteiger partial charge in [-0.2, -0.15) is 4.31 Å². The summed E-state index contributed by atoms with van der Waals surface area (Å²) in [5, 5.41) is 0. The maximum atomic E-state index is 12.5. The van der Waals surface area contributed by atoms with Crippen LogP contribution < -0.4 is 5.73 Å². The van der Waals surface area contributed by atoms with E-state index in [0.29, 0.717) is 11.4 Å². The van der Waals surface area contributed by atoms with Crippen molar-refractivity contribution in [1.82, 2.24) is 4.31 Å². The van der Waals surface area contributed by atoms with Crippen LogP contribution in [0.25, 0.3) is 0 Å². The SMILES string of the molecule is Cc1cc(CN)cc(S(=O)(=O)N(C)C(C)C)c1C. The summed E-state index contributed by atoms with van der Waals surface area (Å²) in [4.78, 5) is 0.360. The van der Waals surface area contributed by atoms with Crippen LogP contribution in [0.15, 0.2) is 17.0 Å². The first-order valence-corrected chi connectivity index (χ1v) is 7.44. The summed E-state index contributed by atoms with van der Waals surface area (Å²) < 4.78 is 26.4. The number of sulfonamides is 1. The van der Waals surface area contributed by atoms with E-state index in [1.807, 2.05) is 33.8 Å². The molecule has 0 unspecified atom stereocenters. The molecule has 0 saturated carbocycles. The molecule has 18 heavy (non-hydrogen) atoms. The van der Waals surface area contributed by atoms with Crippen molar-refractivity contribution in [3.63, 3.8) is 0 Å². The first-order chi connectivity index (χ1) is 8.21. The lowest BCUT2D eigenvalue weighted by atomic mass is 10.1. The molecule has 0 aliphatic rings. The molecular weight excluding hydrogens is 248 g/mol. The molecule has 0 bridgehead atoms. The second-order valence-electron chi connectivity index (χ2n) is 4.85. The monoisotopic (exact) mass is 270 g/mol. The molecule has 0 aromatic heterocycles. The van der Waals surface area contributed by atoms with Gasteiger partial charge in [-0.1, -0.05) is 6.07 Å². The average Bonchev–Trinajstić information content (AvgIpc) is 2.30. The molecule has 0 heterocycles. The third-order valence-electron chi connectivity index (χ3n) is 3.30. The molecule has 1 aromatic carbocycles. The van der Waals surface area contributed by atoms with Gasteiger partial charge in [0.15, 0.2) is 0 Å². The molecule has 0 saturated heterocycles. The quantitative estimate of drug-likeness (QED) is 0.907. The number of rotatable bonds is 4. The van der Waals surface area contributed by atoms with Crippen LogP contribution in [0.2, 0.25) is 0 Å². The highest BCUT2D eigenvalue weighted by molar-refractivity contribution is 7.89. The Kier molecular flexibility index (Phi) is 4.53. The Morgan fingerprint density at radius 3 is 2.28 bits per heavy atom. The number of nitrogens with zero attached hydrogens (tertiary/aromatic N) is 1. The molecule has 2 N–H and O–H groups in total. The van der Waals surface area contributed by atoms with Gasteiger partial charge < -0.3 is 5.73 Å². The summed E-state index contributed by atoms with van der Waals surface area (Å²) in [5.74, 6) is 0. The molecule has 102 valence electrons. The molecule has 0 radical (unpaired) electrons. The van der Waals surface area contributed by atoms with E-state index in [-0.39, 0.29) is 6.04 Å². The molecule has 1 aromatic rings. The van der Waals surface area contributed by atoms with Gasteiger partial charge in [-0.3, -0.25) is 0 Å². The Morgan fingerprint density at radius 2 is 1.83 bits per heavy atom. The summed E-state index contributed by atoms with van der Waals surface area (Å²) in [6, 6.07) is 3.54.